The topological polar surface area (TPSA) is 49.3 Å². The Morgan fingerprint density at radius 2 is 2.36 bits per heavy atom. The lowest BCUT2D eigenvalue weighted by Gasteiger charge is -2.05. The van der Waals surface area contributed by atoms with Crippen molar-refractivity contribution in [2.45, 2.75) is 26.3 Å². The molecule has 0 aliphatic carbocycles. The molecule has 11 heavy (non-hydrogen) atoms. The minimum absolute atomic E-state index is 0.478. The summed E-state index contributed by atoms with van der Waals surface area (Å²) in [5.41, 5.74) is 0. The highest BCUT2D eigenvalue weighted by molar-refractivity contribution is 5.72. The summed E-state index contributed by atoms with van der Waals surface area (Å²) >= 11 is 0. The van der Waals surface area contributed by atoms with Gasteiger partial charge in [0.25, 0.3) is 0 Å². The van der Waals surface area contributed by atoms with Crippen LogP contribution in [0.3, 0.4) is 0 Å². The van der Waals surface area contributed by atoms with Crippen LogP contribution in [0.5, 0.6) is 0 Å². The second kappa shape index (κ2) is 5.75. The molecule has 62 valence electrons. The molecule has 0 saturated carbocycles. The van der Waals surface area contributed by atoms with Crippen LogP contribution in [0.15, 0.2) is 0 Å². The first-order valence-electron chi connectivity index (χ1n) is 3.54. The van der Waals surface area contributed by atoms with Gasteiger partial charge in [-0.2, -0.15) is 0 Å². The highest BCUT2D eigenvalue weighted by Gasteiger charge is 2.07. The van der Waals surface area contributed by atoms with Gasteiger partial charge in [-0.15, -0.1) is 11.8 Å². The Hall–Kier alpha value is -1.01. The summed E-state index contributed by atoms with van der Waals surface area (Å²) in [4.78, 5) is 10.3. The first-order chi connectivity index (χ1) is 5.18. The maximum absolute atomic E-state index is 10.3. The molecular formula is C8H13NO2. The van der Waals surface area contributed by atoms with Gasteiger partial charge < -0.3 is 10.4 Å². The quantitative estimate of drug-likeness (QED) is 0.458. The predicted octanol–water partition coefficient (Wildman–Crippen LogP) is 0.463. The van der Waals surface area contributed by atoms with Crippen molar-refractivity contribution in [3.63, 3.8) is 0 Å². The Bertz CT molecular complexity index is 178. The molecule has 0 aliphatic heterocycles. The van der Waals surface area contributed by atoms with E-state index in [4.69, 9.17) is 5.11 Å². The highest BCUT2D eigenvalue weighted by atomic mass is 16.4. The lowest BCUT2D eigenvalue weighted by atomic mass is 10.3. The second-order valence-corrected chi connectivity index (χ2v) is 2.19. The highest BCUT2D eigenvalue weighted by Crippen LogP contribution is 1.81. The maximum Gasteiger partial charge on any atom is 0.320 e. The van der Waals surface area contributed by atoms with Crippen LogP contribution in [0.2, 0.25) is 0 Å². The van der Waals surface area contributed by atoms with Crippen LogP contribution < -0.4 is 5.32 Å². The van der Waals surface area contributed by atoms with E-state index in [1.54, 1.807) is 13.8 Å². The Morgan fingerprint density at radius 1 is 1.73 bits per heavy atom. The molecule has 0 aromatic carbocycles. The normalized spacial score (nSPS) is 11.5. The van der Waals surface area contributed by atoms with Crippen molar-refractivity contribution in [3.05, 3.63) is 0 Å². The minimum atomic E-state index is -0.825. The molecule has 0 fully saturated rings. The summed E-state index contributed by atoms with van der Waals surface area (Å²) in [5.74, 6) is 4.75. The van der Waals surface area contributed by atoms with Crippen molar-refractivity contribution in [1.29, 1.82) is 0 Å². The Balaban J connectivity index is 3.36. The first kappa shape index (κ1) is 9.99. The van der Waals surface area contributed by atoms with E-state index >= 15 is 0 Å². The summed E-state index contributed by atoms with van der Waals surface area (Å²) in [5, 5.41) is 11.3. The smallest absolute Gasteiger partial charge is 0.320 e. The summed E-state index contributed by atoms with van der Waals surface area (Å²) in [7, 11) is 0. The molecular weight excluding hydrogens is 142 g/mol. The predicted molar refractivity (Wildman–Crippen MR) is 43.2 cm³/mol. The average molecular weight is 155 g/mol. The van der Waals surface area contributed by atoms with Gasteiger partial charge in [-0.3, -0.25) is 4.79 Å². The standard InChI is InChI=1S/C8H13NO2/c1-3-4-5-6-9-7(2)8(10)11/h7,9H,5-6H2,1-2H3,(H,10,11)/t7-/m1/s1. The largest absolute Gasteiger partial charge is 0.480 e. The molecule has 0 bridgehead atoms. The SMILES string of the molecule is CC#CCCN[C@H](C)C(=O)O. The Labute approximate surface area is 66.8 Å². The maximum atomic E-state index is 10.3. The molecule has 3 heteroatoms. The molecule has 0 radical (unpaired) electrons. The molecule has 3 nitrogen and oxygen atoms in total. The molecule has 0 amide bonds. The van der Waals surface area contributed by atoms with Crippen LogP contribution >= 0.6 is 0 Å². The fourth-order valence-corrected chi connectivity index (χ4v) is 0.563. The van der Waals surface area contributed by atoms with Crippen molar-refractivity contribution in [2.75, 3.05) is 6.54 Å². The van der Waals surface area contributed by atoms with Crippen molar-refractivity contribution in [3.8, 4) is 11.8 Å². The van der Waals surface area contributed by atoms with Crippen molar-refractivity contribution in [1.82, 2.24) is 5.32 Å². The lowest BCUT2D eigenvalue weighted by Crippen LogP contribution is -2.34. The summed E-state index contributed by atoms with van der Waals surface area (Å²) in [6.07, 6.45) is 0.702. The van der Waals surface area contributed by atoms with Gasteiger partial charge in [0, 0.05) is 13.0 Å². The van der Waals surface area contributed by atoms with Gasteiger partial charge in [0.15, 0.2) is 0 Å². The molecule has 0 unspecified atom stereocenters. The van der Waals surface area contributed by atoms with Crippen molar-refractivity contribution < 1.29 is 9.90 Å². The lowest BCUT2D eigenvalue weighted by molar-refractivity contribution is -0.138. The number of carboxylic acid groups (broad SMARTS) is 1. The third kappa shape index (κ3) is 5.43. The van der Waals surface area contributed by atoms with Crippen LogP contribution in [-0.2, 0) is 4.79 Å². The second-order valence-electron chi connectivity index (χ2n) is 2.19. The fourth-order valence-electron chi connectivity index (χ4n) is 0.563. The fraction of sp³-hybridized carbons (Fsp3) is 0.625. The van der Waals surface area contributed by atoms with E-state index in [2.05, 4.69) is 17.2 Å². The third-order valence-electron chi connectivity index (χ3n) is 1.25. The van der Waals surface area contributed by atoms with Crippen molar-refractivity contribution in [2.24, 2.45) is 0 Å². The number of carbonyl (C=O) groups is 1. The zero-order chi connectivity index (χ0) is 8.69. The number of aliphatic carboxylic acids is 1. The van der Waals surface area contributed by atoms with Crippen LogP contribution in [0, 0.1) is 11.8 Å². The zero-order valence-corrected chi connectivity index (χ0v) is 6.85. The molecule has 0 aliphatic rings. The molecule has 0 spiro atoms. The van der Waals surface area contributed by atoms with Crippen LogP contribution in [0.4, 0.5) is 0 Å². The number of hydrogen-bond acceptors (Lipinski definition) is 2. The van der Waals surface area contributed by atoms with Gasteiger partial charge >= 0.3 is 5.97 Å². The number of carboxylic acids is 1. The van der Waals surface area contributed by atoms with Crippen molar-refractivity contribution >= 4 is 5.97 Å². The molecule has 0 aromatic heterocycles. The molecule has 0 rings (SSSR count). The van der Waals surface area contributed by atoms with Gasteiger partial charge in [-0.05, 0) is 13.8 Å². The van der Waals surface area contributed by atoms with E-state index in [0.717, 1.165) is 0 Å². The Kier molecular flexibility index (Phi) is 5.22. The molecule has 0 heterocycles. The van der Waals surface area contributed by atoms with Gasteiger partial charge in [0.05, 0.1) is 0 Å². The summed E-state index contributed by atoms with van der Waals surface area (Å²) < 4.78 is 0. The molecule has 2 N–H and O–H groups in total. The van der Waals surface area contributed by atoms with E-state index < -0.39 is 12.0 Å². The average Bonchev–Trinajstić information content (AvgIpc) is 1.97. The summed E-state index contributed by atoms with van der Waals surface area (Å²) in [6, 6.07) is -0.478. The van der Waals surface area contributed by atoms with E-state index in [-0.39, 0.29) is 0 Å². The monoisotopic (exact) mass is 155 g/mol. The van der Waals surface area contributed by atoms with E-state index in [0.29, 0.717) is 13.0 Å². The molecule has 0 aromatic rings. The van der Waals surface area contributed by atoms with Gasteiger partial charge in [-0.25, -0.2) is 0 Å². The van der Waals surface area contributed by atoms with E-state index in [9.17, 15) is 4.79 Å². The Morgan fingerprint density at radius 3 is 2.82 bits per heavy atom. The van der Waals surface area contributed by atoms with Crippen LogP contribution in [0.25, 0.3) is 0 Å². The number of rotatable bonds is 4. The molecule has 1 atom stereocenters. The molecule has 0 saturated heterocycles. The van der Waals surface area contributed by atoms with E-state index in [1.165, 1.54) is 0 Å². The van der Waals surface area contributed by atoms with Gasteiger partial charge in [0.2, 0.25) is 0 Å². The van der Waals surface area contributed by atoms with Crippen LogP contribution in [-0.4, -0.2) is 23.7 Å². The number of nitrogens with one attached hydrogen (secondary N) is 1. The first-order valence-corrected chi connectivity index (χ1v) is 3.54. The van der Waals surface area contributed by atoms with Gasteiger partial charge in [-0.1, -0.05) is 0 Å². The van der Waals surface area contributed by atoms with E-state index in [1.807, 2.05) is 0 Å². The minimum Gasteiger partial charge on any atom is -0.480 e. The third-order valence-corrected chi connectivity index (χ3v) is 1.25. The zero-order valence-electron chi connectivity index (χ0n) is 6.85. The van der Waals surface area contributed by atoms with Gasteiger partial charge in [0.1, 0.15) is 6.04 Å². The number of hydrogen-bond donors (Lipinski definition) is 2. The summed E-state index contributed by atoms with van der Waals surface area (Å²) in [6.45, 7) is 4.01. The van der Waals surface area contributed by atoms with Crippen LogP contribution in [0.1, 0.15) is 20.3 Å².